The molecule has 2 N–H and O–H groups in total. The van der Waals surface area contributed by atoms with Gasteiger partial charge in [-0.1, -0.05) is 11.8 Å². The highest BCUT2D eigenvalue weighted by Gasteiger charge is 2.23. The van der Waals surface area contributed by atoms with Gasteiger partial charge in [-0.15, -0.1) is 0 Å². The van der Waals surface area contributed by atoms with E-state index in [4.69, 9.17) is 5.73 Å². The Hall–Kier alpha value is -1.23. The van der Waals surface area contributed by atoms with Gasteiger partial charge in [-0.25, -0.2) is 9.78 Å². The van der Waals surface area contributed by atoms with Crippen LogP contribution in [-0.2, 0) is 0 Å². The molecule has 0 spiro atoms. The van der Waals surface area contributed by atoms with Crippen molar-refractivity contribution in [3.8, 4) is 0 Å². The first-order chi connectivity index (χ1) is 5.79. The molecule has 4 nitrogen and oxygen atoms in total. The van der Waals surface area contributed by atoms with Crippen molar-refractivity contribution >= 4 is 23.6 Å². The van der Waals surface area contributed by atoms with Gasteiger partial charge in [0.25, 0.3) is 0 Å². The molecule has 0 radical (unpaired) electrons. The molecule has 5 heteroatoms. The fourth-order valence-electron chi connectivity index (χ4n) is 1.06. The molecule has 2 amide bonds. The number of nitrogens with zero attached hydrogens (tertiary/aromatic N) is 2. The van der Waals surface area contributed by atoms with E-state index in [1.807, 2.05) is 12.1 Å². The third-order valence-electron chi connectivity index (χ3n) is 1.62. The molecule has 2 heterocycles. The highest BCUT2D eigenvalue weighted by Crippen LogP contribution is 2.35. The van der Waals surface area contributed by atoms with E-state index in [0.29, 0.717) is 11.7 Å². The van der Waals surface area contributed by atoms with E-state index in [2.05, 4.69) is 4.98 Å². The van der Waals surface area contributed by atoms with E-state index in [9.17, 15) is 4.79 Å². The molecule has 0 saturated heterocycles. The number of hydrogen-bond donors (Lipinski definition) is 1. The van der Waals surface area contributed by atoms with Gasteiger partial charge in [-0.05, 0) is 12.1 Å². The van der Waals surface area contributed by atoms with Crippen LogP contribution in [0, 0.1) is 0 Å². The Labute approximate surface area is 73.8 Å². The number of hydrogen-bond acceptors (Lipinski definition) is 3. The monoisotopic (exact) mass is 181 g/mol. The number of nitrogens with two attached hydrogens (primary N) is 1. The molecular weight excluding hydrogens is 174 g/mol. The van der Waals surface area contributed by atoms with Crippen molar-refractivity contribution in [3.05, 3.63) is 18.3 Å². The van der Waals surface area contributed by atoms with Crippen molar-refractivity contribution in [2.75, 3.05) is 10.8 Å². The van der Waals surface area contributed by atoms with E-state index in [0.717, 1.165) is 4.90 Å². The molecule has 0 bridgehead atoms. The minimum absolute atomic E-state index is 0.444. The summed E-state index contributed by atoms with van der Waals surface area (Å²) in [6, 6.07) is 3.33. The summed E-state index contributed by atoms with van der Waals surface area (Å²) in [6.07, 6.45) is 1.65. The summed E-state index contributed by atoms with van der Waals surface area (Å²) in [7, 11) is 0. The number of aromatic nitrogens is 1. The van der Waals surface area contributed by atoms with Gasteiger partial charge in [0.2, 0.25) is 0 Å². The maximum Gasteiger partial charge on any atom is 0.321 e. The van der Waals surface area contributed by atoms with E-state index >= 15 is 0 Å². The second kappa shape index (κ2) is 2.67. The molecule has 0 aliphatic carbocycles. The number of thioether (sulfide) groups is 1. The van der Waals surface area contributed by atoms with Gasteiger partial charge in [-0.2, -0.15) is 0 Å². The second-order valence-electron chi connectivity index (χ2n) is 2.36. The predicted molar refractivity (Wildman–Crippen MR) is 47.0 cm³/mol. The molecule has 1 aromatic heterocycles. The average molecular weight is 181 g/mol. The third-order valence-corrected chi connectivity index (χ3v) is 2.64. The van der Waals surface area contributed by atoms with Crippen LogP contribution in [0.25, 0.3) is 0 Å². The van der Waals surface area contributed by atoms with Gasteiger partial charge in [-0.3, -0.25) is 4.90 Å². The van der Waals surface area contributed by atoms with E-state index < -0.39 is 6.03 Å². The fraction of sp³-hybridized carbons (Fsp3) is 0.143. The minimum atomic E-state index is -0.444. The van der Waals surface area contributed by atoms with Crippen LogP contribution in [0.15, 0.2) is 23.2 Å². The summed E-state index contributed by atoms with van der Waals surface area (Å²) in [5.41, 5.74) is 5.15. The Bertz CT molecular complexity index is 328. The van der Waals surface area contributed by atoms with Crippen molar-refractivity contribution in [2.45, 2.75) is 4.90 Å². The molecule has 0 atom stereocenters. The van der Waals surface area contributed by atoms with Crippen LogP contribution in [0.4, 0.5) is 10.6 Å². The van der Waals surface area contributed by atoms with Gasteiger partial charge < -0.3 is 5.73 Å². The van der Waals surface area contributed by atoms with E-state index in [1.165, 1.54) is 4.90 Å². The molecule has 0 saturated carbocycles. The van der Waals surface area contributed by atoms with Gasteiger partial charge >= 0.3 is 6.03 Å². The van der Waals surface area contributed by atoms with Crippen LogP contribution >= 0.6 is 11.8 Å². The number of primary amides is 1. The van der Waals surface area contributed by atoms with Gasteiger partial charge in [0, 0.05) is 6.20 Å². The Morgan fingerprint density at radius 2 is 2.58 bits per heavy atom. The Morgan fingerprint density at radius 1 is 1.75 bits per heavy atom. The van der Waals surface area contributed by atoms with Gasteiger partial charge in [0.05, 0.1) is 10.8 Å². The zero-order valence-corrected chi connectivity index (χ0v) is 7.04. The molecule has 0 fully saturated rings. The summed E-state index contributed by atoms with van der Waals surface area (Å²) in [5, 5.41) is 0. The Kier molecular flexibility index (Phi) is 1.65. The molecule has 0 aromatic carbocycles. The third kappa shape index (κ3) is 1.02. The number of pyridine rings is 1. The molecule has 1 aromatic rings. The Morgan fingerprint density at radius 3 is 3.33 bits per heavy atom. The quantitative estimate of drug-likeness (QED) is 0.650. The summed E-state index contributed by atoms with van der Waals surface area (Å²) in [5.74, 6) is 1.25. The number of anilines is 1. The van der Waals surface area contributed by atoms with Crippen LogP contribution in [-0.4, -0.2) is 16.9 Å². The standard InChI is InChI=1S/C7H7N3OS/c8-7(11)10-4-12-5-2-1-3-9-6(5)10/h1-3H,4H2,(H2,8,11). The van der Waals surface area contributed by atoms with Crippen LogP contribution in [0.2, 0.25) is 0 Å². The number of carbonyl (C=O) groups excluding carboxylic acids is 1. The van der Waals surface area contributed by atoms with Crippen LogP contribution in [0.5, 0.6) is 0 Å². The summed E-state index contributed by atoms with van der Waals surface area (Å²) >= 11 is 1.57. The molecule has 1 aliphatic heterocycles. The number of urea groups is 1. The zero-order valence-electron chi connectivity index (χ0n) is 6.23. The highest BCUT2D eigenvalue weighted by atomic mass is 32.2. The van der Waals surface area contributed by atoms with Crippen molar-refractivity contribution in [1.29, 1.82) is 0 Å². The van der Waals surface area contributed by atoms with Gasteiger partial charge in [0.1, 0.15) is 0 Å². The maximum absolute atomic E-state index is 10.9. The first-order valence-electron chi connectivity index (χ1n) is 3.44. The van der Waals surface area contributed by atoms with Gasteiger partial charge in [0.15, 0.2) is 5.82 Å². The fourth-order valence-corrected chi connectivity index (χ4v) is 2.05. The first kappa shape index (κ1) is 7.42. The predicted octanol–water partition coefficient (Wildman–Crippen LogP) is 1.03. The topological polar surface area (TPSA) is 59.2 Å². The summed E-state index contributed by atoms with van der Waals surface area (Å²) < 4.78 is 0. The second-order valence-corrected chi connectivity index (χ2v) is 3.35. The van der Waals surface area contributed by atoms with E-state index in [1.54, 1.807) is 18.0 Å². The Balaban J connectivity index is 2.42. The van der Waals surface area contributed by atoms with Crippen molar-refractivity contribution in [2.24, 2.45) is 5.73 Å². The molecule has 0 unspecified atom stereocenters. The zero-order chi connectivity index (χ0) is 8.55. The smallest absolute Gasteiger partial charge is 0.321 e. The normalized spacial score (nSPS) is 14.5. The minimum Gasteiger partial charge on any atom is -0.351 e. The van der Waals surface area contributed by atoms with Crippen molar-refractivity contribution in [3.63, 3.8) is 0 Å². The van der Waals surface area contributed by atoms with Crippen LogP contribution < -0.4 is 10.6 Å². The van der Waals surface area contributed by atoms with Crippen LogP contribution in [0.3, 0.4) is 0 Å². The lowest BCUT2D eigenvalue weighted by Crippen LogP contribution is -2.33. The first-order valence-corrected chi connectivity index (χ1v) is 4.42. The number of carbonyl (C=O) groups is 1. The average Bonchev–Trinajstić information content (AvgIpc) is 2.47. The lowest BCUT2D eigenvalue weighted by atomic mass is 10.4. The van der Waals surface area contributed by atoms with Crippen LogP contribution in [0.1, 0.15) is 0 Å². The summed E-state index contributed by atoms with van der Waals surface area (Å²) in [4.78, 5) is 17.4. The molecule has 1 aliphatic rings. The molecule has 12 heavy (non-hydrogen) atoms. The molecule has 2 rings (SSSR count). The molecular formula is C7H7N3OS. The largest absolute Gasteiger partial charge is 0.351 e. The lowest BCUT2D eigenvalue weighted by molar-refractivity contribution is 0.254. The SMILES string of the molecule is NC(=O)N1CSc2cccnc21. The number of amides is 2. The van der Waals surface area contributed by atoms with Crippen molar-refractivity contribution in [1.82, 2.24) is 4.98 Å². The molecule has 62 valence electrons. The number of fused-ring (bicyclic) bond motifs is 1. The number of rotatable bonds is 0. The maximum atomic E-state index is 10.9. The lowest BCUT2D eigenvalue weighted by Gasteiger charge is -2.10. The van der Waals surface area contributed by atoms with Crippen molar-refractivity contribution < 1.29 is 4.79 Å². The summed E-state index contributed by atoms with van der Waals surface area (Å²) in [6.45, 7) is 0. The van der Waals surface area contributed by atoms with E-state index in [-0.39, 0.29) is 0 Å². The highest BCUT2D eigenvalue weighted by molar-refractivity contribution is 7.99.